The van der Waals surface area contributed by atoms with Crippen LogP contribution in [0.1, 0.15) is 16.1 Å². The quantitative estimate of drug-likeness (QED) is 0.675. The molecular weight excluding hydrogens is 377 g/mol. The molecule has 0 fully saturated rings. The molecular formula is C19H15ClFNO3S. The summed E-state index contributed by atoms with van der Waals surface area (Å²) in [6, 6.07) is 14.1. The molecule has 0 bridgehead atoms. The highest BCUT2D eigenvalue weighted by atomic mass is 35.5. The summed E-state index contributed by atoms with van der Waals surface area (Å²) >= 11 is 6.08. The molecule has 0 saturated heterocycles. The first-order chi connectivity index (χ1) is 12.4. The summed E-state index contributed by atoms with van der Waals surface area (Å²) in [5.74, 6) is -0.284. The molecule has 0 spiro atoms. The zero-order valence-electron chi connectivity index (χ0n) is 13.8. The number of benzene rings is 2. The summed E-state index contributed by atoms with van der Waals surface area (Å²) in [5.41, 5.74) is 1.46. The lowest BCUT2D eigenvalue weighted by Gasteiger charge is -2.07. The second-order valence-electron chi connectivity index (χ2n) is 5.62. The third kappa shape index (κ3) is 4.20. The molecule has 26 heavy (non-hydrogen) atoms. The molecule has 1 aromatic heterocycles. The fourth-order valence-corrected chi connectivity index (χ4v) is 3.38. The van der Waals surface area contributed by atoms with E-state index in [4.69, 9.17) is 16.0 Å². The Bertz CT molecular complexity index is 986. The van der Waals surface area contributed by atoms with Crippen molar-refractivity contribution in [3.63, 3.8) is 0 Å². The number of hydrogen-bond acceptors (Lipinski definition) is 3. The molecule has 1 N–H and O–H groups in total. The maximum Gasteiger partial charge on any atom is 0.291 e. The van der Waals surface area contributed by atoms with Gasteiger partial charge in [0.1, 0.15) is 11.6 Å². The zero-order chi connectivity index (χ0) is 18.7. The van der Waals surface area contributed by atoms with Crippen LogP contribution in [-0.2, 0) is 16.6 Å². The predicted molar refractivity (Wildman–Crippen MR) is 101 cm³/mol. The van der Waals surface area contributed by atoms with Gasteiger partial charge in [0, 0.05) is 33.5 Å². The minimum absolute atomic E-state index is 0.0545. The molecule has 1 heterocycles. The van der Waals surface area contributed by atoms with Crippen LogP contribution in [0.5, 0.6) is 0 Å². The standard InChI is InChI=1S/C19H15ClFNO3S/c1-26(24)11-12-10-13(6-7-15(12)20)22-19(23)18-9-8-17(25-18)14-4-2-3-5-16(14)21/h2-10H,11H2,1H3,(H,22,23)/t26-/m0/s1. The Morgan fingerprint density at radius 3 is 2.69 bits per heavy atom. The lowest BCUT2D eigenvalue weighted by Crippen LogP contribution is -2.11. The van der Waals surface area contributed by atoms with E-state index in [1.54, 1.807) is 48.7 Å². The molecule has 0 saturated carbocycles. The van der Waals surface area contributed by atoms with Gasteiger partial charge >= 0.3 is 0 Å². The topological polar surface area (TPSA) is 59.3 Å². The number of rotatable bonds is 5. The number of hydrogen-bond donors (Lipinski definition) is 1. The van der Waals surface area contributed by atoms with Crippen molar-refractivity contribution >= 4 is 34.0 Å². The van der Waals surface area contributed by atoms with Gasteiger partial charge in [0.15, 0.2) is 5.76 Å². The highest BCUT2D eigenvalue weighted by molar-refractivity contribution is 7.83. The van der Waals surface area contributed by atoms with Crippen molar-refractivity contribution in [1.82, 2.24) is 0 Å². The van der Waals surface area contributed by atoms with Crippen molar-refractivity contribution in [1.29, 1.82) is 0 Å². The van der Waals surface area contributed by atoms with Gasteiger partial charge in [0.25, 0.3) is 5.91 Å². The highest BCUT2D eigenvalue weighted by Crippen LogP contribution is 2.26. The first-order valence-corrected chi connectivity index (χ1v) is 9.79. The molecule has 0 aliphatic heterocycles. The Kier molecular flexibility index (Phi) is 5.54. The van der Waals surface area contributed by atoms with Crippen LogP contribution in [0.2, 0.25) is 5.02 Å². The van der Waals surface area contributed by atoms with Crippen molar-refractivity contribution in [3.05, 3.63) is 76.8 Å². The maximum absolute atomic E-state index is 13.8. The molecule has 0 aliphatic carbocycles. The van der Waals surface area contributed by atoms with Gasteiger partial charge in [0.2, 0.25) is 0 Å². The highest BCUT2D eigenvalue weighted by Gasteiger charge is 2.15. The number of carbonyl (C=O) groups excluding carboxylic acids is 1. The summed E-state index contributed by atoms with van der Waals surface area (Å²) in [6.45, 7) is 0. The number of carbonyl (C=O) groups is 1. The molecule has 0 aliphatic rings. The Labute approximate surface area is 157 Å². The molecule has 3 aromatic rings. The molecule has 7 heteroatoms. The molecule has 134 valence electrons. The lowest BCUT2D eigenvalue weighted by atomic mass is 10.1. The van der Waals surface area contributed by atoms with Gasteiger partial charge in [-0.25, -0.2) is 4.39 Å². The minimum Gasteiger partial charge on any atom is -0.451 e. The molecule has 0 unspecified atom stereocenters. The van der Waals surface area contributed by atoms with E-state index in [0.29, 0.717) is 22.0 Å². The van der Waals surface area contributed by atoms with Gasteiger partial charge in [-0.05, 0) is 48.0 Å². The van der Waals surface area contributed by atoms with Gasteiger partial charge < -0.3 is 9.73 Å². The van der Waals surface area contributed by atoms with Crippen molar-refractivity contribution < 1.29 is 17.8 Å². The number of furan rings is 1. The van der Waals surface area contributed by atoms with E-state index in [1.807, 2.05) is 0 Å². The second-order valence-corrected chi connectivity index (χ2v) is 7.46. The number of halogens is 2. The molecule has 3 rings (SSSR count). The monoisotopic (exact) mass is 391 g/mol. The Balaban J connectivity index is 1.79. The fourth-order valence-electron chi connectivity index (χ4n) is 2.44. The maximum atomic E-state index is 13.8. The van der Waals surface area contributed by atoms with E-state index in [9.17, 15) is 13.4 Å². The third-order valence-electron chi connectivity index (χ3n) is 3.63. The molecule has 1 atom stereocenters. The van der Waals surface area contributed by atoms with E-state index in [1.165, 1.54) is 12.1 Å². The summed E-state index contributed by atoms with van der Waals surface area (Å²) in [7, 11) is -1.06. The van der Waals surface area contributed by atoms with E-state index in [2.05, 4.69) is 5.32 Å². The Morgan fingerprint density at radius 1 is 1.19 bits per heavy atom. The van der Waals surface area contributed by atoms with E-state index in [-0.39, 0.29) is 17.1 Å². The number of amides is 1. The van der Waals surface area contributed by atoms with Gasteiger partial charge in [-0.15, -0.1) is 0 Å². The molecule has 0 radical (unpaired) electrons. The van der Waals surface area contributed by atoms with Crippen LogP contribution in [0, 0.1) is 5.82 Å². The average Bonchev–Trinajstić information content (AvgIpc) is 3.08. The molecule has 1 amide bonds. The summed E-state index contributed by atoms with van der Waals surface area (Å²) in [4.78, 5) is 12.4. The van der Waals surface area contributed by atoms with E-state index in [0.717, 1.165) is 0 Å². The first-order valence-electron chi connectivity index (χ1n) is 7.68. The number of nitrogens with one attached hydrogen (secondary N) is 1. The van der Waals surface area contributed by atoms with Crippen LogP contribution < -0.4 is 5.32 Å². The van der Waals surface area contributed by atoms with Crippen LogP contribution in [-0.4, -0.2) is 16.4 Å². The van der Waals surface area contributed by atoms with Gasteiger partial charge in [-0.2, -0.15) is 0 Å². The average molecular weight is 392 g/mol. The third-order valence-corrected chi connectivity index (χ3v) is 4.72. The smallest absolute Gasteiger partial charge is 0.291 e. The van der Waals surface area contributed by atoms with Crippen molar-refractivity contribution in [3.8, 4) is 11.3 Å². The molecule has 4 nitrogen and oxygen atoms in total. The Morgan fingerprint density at radius 2 is 1.96 bits per heavy atom. The minimum atomic E-state index is -1.06. The number of anilines is 1. The van der Waals surface area contributed by atoms with Gasteiger partial charge in [-0.1, -0.05) is 23.7 Å². The van der Waals surface area contributed by atoms with Gasteiger partial charge in [0.05, 0.1) is 5.56 Å². The van der Waals surface area contributed by atoms with Crippen LogP contribution in [0.3, 0.4) is 0 Å². The second kappa shape index (κ2) is 7.85. The zero-order valence-corrected chi connectivity index (χ0v) is 15.4. The normalized spacial score (nSPS) is 12.0. The predicted octanol–water partition coefficient (Wildman–Crippen LogP) is 4.87. The first kappa shape index (κ1) is 18.4. The van der Waals surface area contributed by atoms with Gasteiger partial charge in [-0.3, -0.25) is 9.00 Å². The summed E-state index contributed by atoms with van der Waals surface area (Å²) < 4.78 is 30.7. The van der Waals surface area contributed by atoms with E-state index >= 15 is 0 Å². The SMILES string of the molecule is C[S@](=O)Cc1cc(NC(=O)c2ccc(-c3ccccc3F)o2)ccc1Cl. The van der Waals surface area contributed by atoms with Crippen LogP contribution >= 0.6 is 11.6 Å². The largest absolute Gasteiger partial charge is 0.451 e. The molecule has 2 aromatic carbocycles. The van der Waals surface area contributed by atoms with Crippen molar-refractivity contribution in [2.75, 3.05) is 11.6 Å². The summed E-state index contributed by atoms with van der Waals surface area (Å²) in [5, 5.41) is 3.18. The summed E-state index contributed by atoms with van der Waals surface area (Å²) in [6.07, 6.45) is 1.58. The van der Waals surface area contributed by atoms with Crippen molar-refractivity contribution in [2.24, 2.45) is 0 Å². The van der Waals surface area contributed by atoms with Crippen molar-refractivity contribution in [2.45, 2.75) is 5.75 Å². The van der Waals surface area contributed by atoms with Crippen LogP contribution in [0.4, 0.5) is 10.1 Å². The fraction of sp³-hybridized carbons (Fsp3) is 0.105. The van der Waals surface area contributed by atoms with Crippen LogP contribution in [0.15, 0.2) is 59.0 Å². The Hall–Kier alpha value is -2.44. The van der Waals surface area contributed by atoms with Crippen LogP contribution in [0.25, 0.3) is 11.3 Å². The lowest BCUT2D eigenvalue weighted by molar-refractivity contribution is 0.0997. The van der Waals surface area contributed by atoms with E-state index < -0.39 is 22.5 Å².